The van der Waals surface area contributed by atoms with Gasteiger partial charge < -0.3 is 15.5 Å². The lowest BCUT2D eigenvalue weighted by molar-refractivity contribution is 0.0707. The van der Waals surface area contributed by atoms with Gasteiger partial charge in [0.05, 0.1) is 23.5 Å². The maximum atomic E-state index is 14.8. The van der Waals surface area contributed by atoms with Gasteiger partial charge in [0, 0.05) is 58.3 Å². The topological polar surface area (TPSA) is 82.5 Å². The van der Waals surface area contributed by atoms with Crippen LogP contribution < -0.4 is 10.6 Å². The number of fused-ring (bicyclic) bond motifs is 3. The van der Waals surface area contributed by atoms with Crippen LogP contribution >= 0.6 is 11.6 Å². The van der Waals surface area contributed by atoms with Crippen LogP contribution in [0, 0.1) is 11.6 Å². The highest BCUT2D eigenvalue weighted by Gasteiger charge is 2.26. The van der Waals surface area contributed by atoms with Crippen molar-refractivity contribution in [1.82, 2.24) is 20.2 Å². The number of nitrogens with one attached hydrogen (secondary N) is 2. The third-order valence-electron chi connectivity index (χ3n) is 7.52. The van der Waals surface area contributed by atoms with Gasteiger partial charge in [-0.05, 0) is 62.4 Å². The molecule has 0 unspecified atom stereocenters. The lowest BCUT2D eigenvalue weighted by atomic mass is 9.95. The van der Waals surface area contributed by atoms with E-state index in [-0.39, 0.29) is 23.7 Å². The van der Waals surface area contributed by atoms with Gasteiger partial charge in [-0.2, -0.15) is 0 Å². The van der Waals surface area contributed by atoms with Crippen LogP contribution in [-0.2, 0) is 6.54 Å². The number of nitrogens with zero attached hydrogens (tertiary/aromatic N) is 4. The lowest BCUT2D eigenvalue weighted by Crippen LogP contribution is -2.43. The second kappa shape index (κ2) is 11.3. The maximum absolute atomic E-state index is 14.8. The van der Waals surface area contributed by atoms with E-state index in [1.807, 2.05) is 24.1 Å². The van der Waals surface area contributed by atoms with Crippen LogP contribution in [0.15, 0.2) is 71.9 Å². The third kappa shape index (κ3) is 5.42. The van der Waals surface area contributed by atoms with Gasteiger partial charge in [0.1, 0.15) is 11.6 Å². The number of benzene rings is 3. The highest BCUT2D eigenvalue weighted by atomic mass is 35.5. The van der Waals surface area contributed by atoms with Gasteiger partial charge in [0.2, 0.25) is 5.95 Å². The van der Waals surface area contributed by atoms with E-state index in [9.17, 15) is 13.6 Å². The number of anilines is 2. The van der Waals surface area contributed by atoms with E-state index in [0.717, 1.165) is 12.8 Å². The fraction of sp³-hybridized carbons (Fsp3) is 0.226. The molecule has 2 aliphatic rings. The number of rotatable bonds is 5. The summed E-state index contributed by atoms with van der Waals surface area (Å²) >= 11 is 6.32. The molecule has 1 aromatic heterocycles. The van der Waals surface area contributed by atoms with Gasteiger partial charge in [0.25, 0.3) is 5.91 Å². The Morgan fingerprint density at radius 2 is 1.76 bits per heavy atom. The first kappa shape index (κ1) is 27.0. The van der Waals surface area contributed by atoms with Crippen molar-refractivity contribution in [1.29, 1.82) is 0 Å². The zero-order chi connectivity index (χ0) is 28.5. The lowest BCUT2D eigenvalue weighted by Gasteiger charge is -2.32. The molecule has 4 aromatic rings. The molecule has 2 aliphatic heterocycles. The van der Waals surface area contributed by atoms with E-state index in [0.29, 0.717) is 63.7 Å². The minimum absolute atomic E-state index is 0.0121. The normalized spacial score (nSPS) is 15.0. The molecular weight excluding hydrogens is 546 g/mol. The van der Waals surface area contributed by atoms with Crippen LogP contribution in [0.2, 0.25) is 5.02 Å². The Balaban J connectivity index is 1.31. The molecule has 208 valence electrons. The van der Waals surface area contributed by atoms with Crippen molar-refractivity contribution in [3.63, 3.8) is 0 Å². The quantitative estimate of drug-likeness (QED) is 0.307. The predicted octanol–water partition coefficient (Wildman–Crippen LogP) is 5.99. The molecule has 0 bridgehead atoms. The van der Waals surface area contributed by atoms with Crippen molar-refractivity contribution in [2.45, 2.75) is 25.4 Å². The van der Waals surface area contributed by atoms with Crippen LogP contribution in [0.1, 0.15) is 39.9 Å². The van der Waals surface area contributed by atoms with Crippen molar-refractivity contribution in [2.24, 2.45) is 4.99 Å². The summed E-state index contributed by atoms with van der Waals surface area (Å²) in [5.41, 5.74) is 3.56. The van der Waals surface area contributed by atoms with E-state index >= 15 is 0 Å². The molecule has 0 radical (unpaired) electrons. The number of aromatic nitrogens is 2. The van der Waals surface area contributed by atoms with Crippen LogP contribution in [0.5, 0.6) is 0 Å². The van der Waals surface area contributed by atoms with Gasteiger partial charge in [-0.15, -0.1) is 0 Å². The molecule has 1 saturated heterocycles. The van der Waals surface area contributed by atoms with Crippen molar-refractivity contribution in [3.8, 4) is 11.3 Å². The van der Waals surface area contributed by atoms with Crippen LogP contribution in [0.3, 0.4) is 0 Å². The molecule has 0 spiro atoms. The monoisotopic (exact) mass is 572 g/mol. The van der Waals surface area contributed by atoms with Gasteiger partial charge in [-0.25, -0.2) is 18.7 Å². The molecule has 7 nitrogen and oxygen atoms in total. The summed E-state index contributed by atoms with van der Waals surface area (Å²) in [7, 11) is 1.95. The Morgan fingerprint density at radius 3 is 2.51 bits per heavy atom. The zero-order valence-corrected chi connectivity index (χ0v) is 23.1. The first-order valence-electron chi connectivity index (χ1n) is 13.4. The van der Waals surface area contributed by atoms with Crippen molar-refractivity contribution in [2.75, 3.05) is 25.5 Å². The van der Waals surface area contributed by atoms with Crippen LogP contribution in [0.25, 0.3) is 11.3 Å². The average molecular weight is 573 g/mol. The number of amides is 1. The number of piperidine rings is 1. The third-order valence-corrected chi connectivity index (χ3v) is 7.75. The van der Waals surface area contributed by atoms with Crippen LogP contribution in [0.4, 0.5) is 20.4 Å². The summed E-state index contributed by atoms with van der Waals surface area (Å²) in [6, 6.07) is 16.5. The van der Waals surface area contributed by atoms with E-state index in [4.69, 9.17) is 16.6 Å². The second-order valence-electron chi connectivity index (χ2n) is 10.1. The maximum Gasteiger partial charge on any atom is 0.253 e. The molecule has 3 heterocycles. The highest BCUT2D eigenvalue weighted by molar-refractivity contribution is 6.31. The highest BCUT2D eigenvalue weighted by Crippen LogP contribution is 2.35. The van der Waals surface area contributed by atoms with Crippen molar-refractivity contribution < 1.29 is 13.6 Å². The Hall–Kier alpha value is -4.21. The van der Waals surface area contributed by atoms with Crippen LogP contribution in [-0.4, -0.2) is 52.7 Å². The first-order chi connectivity index (χ1) is 19.9. The molecule has 1 fully saturated rings. The van der Waals surface area contributed by atoms with Crippen molar-refractivity contribution >= 4 is 34.9 Å². The molecule has 10 heteroatoms. The number of likely N-dealkylation sites (tertiary alicyclic amines) is 1. The summed E-state index contributed by atoms with van der Waals surface area (Å²) < 4.78 is 29.6. The molecular formula is C31H27ClF2N6O. The molecule has 0 aliphatic carbocycles. The zero-order valence-electron chi connectivity index (χ0n) is 22.3. The number of halogens is 3. The average Bonchev–Trinajstić information content (AvgIpc) is 3.13. The minimum atomic E-state index is -0.713. The summed E-state index contributed by atoms with van der Waals surface area (Å²) in [5, 5.41) is 6.89. The number of carbonyl (C=O) groups is 1. The van der Waals surface area contributed by atoms with E-state index in [1.165, 1.54) is 18.2 Å². The first-order valence-corrected chi connectivity index (χ1v) is 13.8. The Labute approximate surface area is 241 Å². The molecule has 1 amide bonds. The molecule has 3 aromatic carbocycles. The van der Waals surface area contributed by atoms with E-state index in [2.05, 4.69) is 20.6 Å². The molecule has 2 N–H and O–H groups in total. The fourth-order valence-corrected chi connectivity index (χ4v) is 5.51. The standard InChI is InChI=1S/C31H27ClF2N6O/c1-35-21-10-12-40(13-11-21)30(41)18-4-2-5-22(14-18)38-31-37-17-19-16-36-29(27-25(33)6-3-7-26(27)34)24-15-20(32)8-9-23(24)28(19)39-31/h2-9,14-15,17,21,35H,10-13,16H2,1H3,(H,37,38,39). The number of hydrogen-bond acceptors (Lipinski definition) is 6. The van der Waals surface area contributed by atoms with Gasteiger partial charge in [-0.1, -0.05) is 29.8 Å². The summed E-state index contributed by atoms with van der Waals surface area (Å²) in [5.74, 6) is -1.13. The largest absolute Gasteiger partial charge is 0.339 e. The predicted molar refractivity (Wildman–Crippen MR) is 156 cm³/mol. The second-order valence-corrected chi connectivity index (χ2v) is 10.5. The minimum Gasteiger partial charge on any atom is -0.339 e. The summed E-state index contributed by atoms with van der Waals surface area (Å²) in [6.45, 7) is 1.54. The summed E-state index contributed by atoms with van der Waals surface area (Å²) in [4.78, 5) is 28.8. The van der Waals surface area contributed by atoms with Gasteiger partial charge >= 0.3 is 0 Å². The Kier molecular flexibility index (Phi) is 7.47. The fourth-order valence-electron chi connectivity index (χ4n) is 5.33. The number of aliphatic imine (C=N–C) groups is 1. The van der Waals surface area contributed by atoms with E-state index in [1.54, 1.807) is 36.5 Å². The Morgan fingerprint density at radius 1 is 1.00 bits per heavy atom. The summed E-state index contributed by atoms with van der Waals surface area (Å²) in [6.07, 6.45) is 3.49. The SMILES string of the molecule is CNC1CCN(C(=O)c2cccc(Nc3ncc4c(n3)-c3ccc(Cl)cc3C(c3c(F)cccc3F)=NC4)c2)CC1. The smallest absolute Gasteiger partial charge is 0.253 e. The molecule has 0 atom stereocenters. The number of hydrogen-bond donors (Lipinski definition) is 2. The Bertz CT molecular complexity index is 1650. The molecule has 0 saturated carbocycles. The molecule has 41 heavy (non-hydrogen) atoms. The molecule has 6 rings (SSSR count). The van der Waals surface area contributed by atoms with Crippen molar-refractivity contribution in [3.05, 3.63) is 106 Å². The number of carbonyl (C=O) groups excluding carboxylic acids is 1. The van der Waals surface area contributed by atoms with Gasteiger partial charge in [0.15, 0.2) is 0 Å². The van der Waals surface area contributed by atoms with E-state index < -0.39 is 11.6 Å². The van der Waals surface area contributed by atoms with Gasteiger partial charge in [-0.3, -0.25) is 9.79 Å².